The molecule has 0 bridgehead atoms. The molecule has 0 atom stereocenters. The van der Waals surface area contributed by atoms with Gasteiger partial charge in [0.2, 0.25) is 0 Å². The molecule has 5 aromatic rings. The van der Waals surface area contributed by atoms with Gasteiger partial charge in [-0.15, -0.1) is 0 Å². The molecule has 0 saturated carbocycles. The van der Waals surface area contributed by atoms with Gasteiger partial charge in [0.25, 0.3) is 0 Å². The van der Waals surface area contributed by atoms with Gasteiger partial charge in [0.15, 0.2) is 0 Å². The van der Waals surface area contributed by atoms with E-state index in [1.165, 1.54) is 43.8 Å². The van der Waals surface area contributed by atoms with E-state index in [-0.39, 0.29) is 0 Å². The molecule has 0 nitrogen and oxygen atoms in total. The fraction of sp³-hybridized carbons (Fsp3) is 0. The fourth-order valence-corrected chi connectivity index (χ4v) is 3.81. The monoisotopic (exact) mass is 330 g/mol. The molecule has 5 rings (SSSR count). The number of hydrogen-bond acceptors (Lipinski definition) is 0. The van der Waals surface area contributed by atoms with Crippen molar-refractivity contribution in [1.29, 1.82) is 0 Å². The molecular weight excluding hydrogens is 312 g/mol. The molecule has 0 aliphatic heterocycles. The summed E-state index contributed by atoms with van der Waals surface area (Å²) in [6, 6.07) is 39.1. The lowest BCUT2D eigenvalue weighted by atomic mass is 9.93. The Kier molecular flexibility index (Phi) is 3.54. The summed E-state index contributed by atoms with van der Waals surface area (Å²) < 4.78 is 0. The quantitative estimate of drug-likeness (QED) is 0.318. The molecule has 0 aromatic heterocycles. The summed E-state index contributed by atoms with van der Waals surface area (Å²) in [6.45, 7) is 0. The van der Waals surface area contributed by atoms with Crippen LogP contribution in [0, 0.1) is 0 Å². The van der Waals surface area contributed by atoms with E-state index in [1.807, 2.05) is 0 Å². The number of hydrogen-bond donors (Lipinski definition) is 0. The second-order valence-electron chi connectivity index (χ2n) is 6.63. The first kappa shape index (κ1) is 14.9. The van der Waals surface area contributed by atoms with E-state index in [1.54, 1.807) is 0 Å². The highest BCUT2D eigenvalue weighted by atomic mass is 14.1. The van der Waals surface area contributed by atoms with Crippen LogP contribution in [0.1, 0.15) is 0 Å². The van der Waals surface area contributed by atoms with Gasteiger partial charge in [0.05, 0.1) is 0 Å². The molecule has 5 aromatic carbocycles. The predicted molar refractivity (Wildman–Crippen MR) is 112 cm³/mol. The molecule has 122 valence electrons. The van der Waals surface area contributed by atoms with Crippen LogP contribution in [0.5, 0.6) is 0 Å². The standard InChI is InChI=1S/C26H18/c1-3-14-23-19(8-1)10-6-16-25(23)21-12-5-13-22(18-21)26-17-7-11-20-9-2-4-15-24(20)26/h1-18H. The Morgan fingerprint density at radius 3 is 1.31 bits per heavy atom. The summed E-state index contributed by atoms with van der Waals surface area (Å²) in [4.78, 5) is 0. The Balaban J connectivity index is 1.72. The summed E-state index contributed by atoms with van der Waals surface area (Å²) >= 11 is 0. The highest BCUT2D eigenvalue weighted by Gasteiger charge is 2.07. The molecule has 0 heterocycles. The van der Waals surface area contributed by atoms with Gasteiger partial charge in [-0.25, -0.2) is 0 Å². The van der Waals surface area contributed by atoms with Crippen LogP contribution in [0.2, 0.25) is 0 Å². The molecule has 0 N–H and O–H groups in total. The van der Waals surface area contributed by atoms with Crippen molar-refractivity contribution < 1.29 is 0 Å². The Bertz CT molecular complexity index is 1130. The average Bonchev–Trinajstić information content (AvgIpc) is 2.73. The number of benzene rings is 5. The molecule has 0 radical (unpaired) electrons. The molecule has 0 aliphatic rings. The van der Waals surface area contributed by atoms with Crippen LogP contribution in [0.25, 0.3) is 43.8 Å². The minimum atomic E-state index is 1.26. The largest absolute Gasteiger partial charge is 0.0616 e. The van der Waals surface area contributed by atoms with Crippen molar-refractivity contribution in [2.24, 2.45) is 0 Å². The van der Waals surface area contributed by atoms with Crippen LogP contribution in [-0.2, 0) is 0 Å². The zero-order chi connectivity index (χ0) is 17.3. The third kappa shape index (κ3) is 2.48. The van der Waals surface area contributed by atoms with Gasteiger partial charge in [-0.2, -0.15) is 0 Å². The zero-order valence-electron chi connectivity index (χ0n) is 14.4. The summed E-state index contributed by atoms with van der Waals surface area (Å²) in [5, 5.41) is 5.15. The Morgan fingerprint density at radius 2 is 0.769 bits per heavy atom. The van der Waals surface area contributed by atoms with E-state index in [9.17, 15) is 0 Å². The normalized spacial score (nSPS) is 11.1. The maximum absolute atomic E-state index is 2.31. The van der Waals surface area contributed by atoms with Gasteiger partial charge in [-0.3, -0.25) is 0 Å². The van der Waals surface area contributed by atoms with E-state index in [2.05, 4.69) is 109 Å². The Morgan fingerprint density at radius 1 is 0.346 bits per heavy atom. The summed E-state index contributed by atoms with van der Waals surface area (Å²) in [5.41, 5.74) is 5.08. The van der Waals surface area contributed by atoms with Crippen molar-refractivity contribution in [3.8, 4) is 22.3 Å². The van der Waals surface area contributed by atoms with Crippen LogP contribution in [0.3, 0.4) is 0 Å². The SMILES string of the molecule is c1cc(-c2cccc3ccccc23)cc(-c2cccc3ccccc23)c1. The van der Waals surface area contributed by atoms with E-state index in [0.29, 0.717) is 0 Å². The van der Waals surface area contributed by atoms with Crippen LogP contribution < -0.4 is 0 Å². The van der Waals surface area contributed by atoms with Crippen molar-refractivity contribution in [2.45, 2.75) is 0 Å². The smallest absolute Gasteiger partial charge is 0.0105 e. The summed E-state index contributed by atoms with van der Waals surface area (Å²) in [5.74, 6) is 0. The maximum atomic E-state index is 2.31. The molecule has 0 unspecified atom stereocenters. The minimum Gasteiger partial charge on any atom is -0.0616 e. The second-order valence-corrected chi connectivity index (χ2v) is 6.63. The highest BCUT2D eigenvalue weighted by Crippen LogP contribution is 2.34. The van der Waals surface area contributed by atoms with Gasteiger partial charge >= 0.3 is 0 Å². The van der Waals surface area contributed by atoms with Gasteiger partial charge in [-0.05, 0) is 49.9 Å². The van der Waals surface area contributed by atoms with E-state index in [4.69, 9.17) is 0 Å². The second kappa shape index (κ2) is 6.16. The third-order valence-corrected chi connectivity index (χ3v) is 5.06. The van der Waals surface area contributed by atoms with Crippen LogP contribution in [-0.4, -0.2) is 0 Å². The maximum Gasteiger partial charge on any atom is -0.0105 e. The lowest BCUT2D eigenvalue weighted by Crippen LogP contribution is -1.85. The molecule has 0 aliphatic carbocycles. The summed E-state index contributed by atoms with van der Waals surface area (Å²) in [6.07, 6.45) is 0. The number of rotatable bonds is 2. The van der Waals surface area contributed by atoms with Crippen molar-refractivity contribution in [2.75, 3.05) is 0 Å². The zero-order valence-corrected chi connectivity index (χ0v) is 14.4. The average molecular weight is 330 g/mol. The van der Waals surface area contributed by atoms with Gasteiger partial charge in [0, 0.05) is 0 Å². The molecule has 0 heteroatoms. The Hall–Kier alpha value is -3.38. The van der Waals surface area contributed by atoms with E-state index >= 15 is 0 Å². The molecule has 0 fully saturated rings. The highest BCUT2D eigenvalue weighted by molar-refractivity contribution is 6.00. The van der Waals surface area contributed by atoms with Gasteiger partial charge in [0.1, 0.15) is 0 Å². The molecule has 0 spiro atoms. The Labute approximate surface area is 153 Å². The lowest BCUT2D eigenvalue weighted by molar-refractivity contribution is 1.62. The van der Waals surface area contributed by atoms with Crippen molar-refractivity contribution in [3.63, 3.8) is 0 Å². The minimum absolute atomic E-state index is 1.26. The first-order chi connectivity index (χ1) is 12.9. The predicted octanol–water partition coefficient (Wildman–Crippen LogP) is 7.33. The first-order valence-corrected chi connectivity index (χ1v) is 8.96. The molecule has 0 saturated heterocycles. The van der Waals surface area contributed by atoms with Crippen molar-refractivity contribution >= 4 is 21.5 Å². The number of fused-ring (bicyclic) bond motifs is 2. The van der Waals surface area contributed by atoms with Gasteiger partial charge in [-0.1, -0.05) is 103 Å². The van der Waals surface area contributed by atoms with Crippen LogP contribution in [0.15, 0.2) is 109 Å². The van der Waals surface area contributed by atoms with E-state index < -0.39 is 0 Å². The molecule has 0 amide bonds. The van der Waals surface area contributed by atoms with E-state index in [0.717, 1.165) is 0 Å². The topological polar surface area (TPSA) is 0 Å². The fourth-order valence-electron chi connectivity index (χ4n) is 3.81. The molecular formula is C26H18. The van der Waals surface area contributed by atoms with Crippen molar-refractivity contribution in [1.82, 2.24) is 0 Å². The first-order valence-electron chi connectivity index (χ1n) is 8.96. The molecule has 26 heavy (non-hydrogen) atoms. The lowest BCUT2D eigenvalue weighted by Gasteiger charge is -2.11. The third-order valence-electron chi connectivity index (χ3n) is 5.06. The summed E-state index contributed by atoms with van der Waals surface area (Å²) in [7, 11) is 0. The van der Waals surface area contributed by atoms with Gasteiger partial charge < -0.3 is 0 Å². The van der Waals surface area contributed by atoms with Crippen LogP contribution >= 0.6 is 0 Å². The van der Waals surface area contributed by atoms with Crippen LogP contribution in [0.4, 0.5) is 0 Å². The van der Waals surface area contributed by atoms with Crippen molar-refractivity contribution in [3.05, 3.63) is 109 Å².